The molecule has 1 N–H and O–H groups in total. The number of anilines is 2. The Kier molecular flexibility index (Phi) is 6.18. The van der Waals surface area contributed by atoms with Gasteiger partial charge in [-0.1, -0.05) is 42.5 Å². The highest BCUT2D eigenvalue weighted by Crippen LogP contribution is 2.32. The zero-order chi connectivity index (χ0) is 20.8. The SMILES string of the molecule is Cc1cccc(N(CC(=O)Nc2ccc3c(c2)OCCCO3)Cc2ccccc2)c1. The fourth-order valence-electron chi connectivity index (χ4n) is 3.48. The van der Waals surface area contributed by atoms with E-state index in [2.05, 4.69) is 41.4 Å². The van der Waals surface area contributed by atoms with Crippen LogP contribution in [-0.2, 0) is 11.3 Å². The van der Waals surface area contributed by atoms with Crippen molar-refractivity contribution in [1.82, 2.24) is 0 Å². The maximum atomic E-state index is 12.9. The molecule has 1 heterocycles. The highest BCUT2D eigenvalue weighted by molar-refractivity contribution is 5.94. The van der Waals surface area contributed by atoms with Gasteiger partial charge in [-0.05, 0) is 42.3 Å². The molecule has 0 atom stereocenters. The molecule has 30 heavy (non-hydrogen) atoms. The average Bonchev–Trinajstić information content (AvgIpc) is 2.99. The third kappa shape index (κ3) is 5.11. The van der Waals surface area contributed by atoms with Crippen LogP contribution in [0, 0.1) is 6.92 Å². The molecule has 4 rings (SSSR count). The van der Waals surface area contributed by atoms with Gasteiger partial charge in [0.25, 0.3) is 0 Å². The van der Waals surface area contributed by atoms with Crippen molar-refractivity contribution >= 4 is 17.3 Å². The molecule has 0 unspecified atom stereocenters. The summed E-state index contributed by atoms with van der Waals surface area (Å²) in [5, 5.41) is 3.00. The van der Waals surface area contributed by atoms with Gasteiger partial charge in [0.15, 0.2) is 11.5 Å². The molecule has 0 aliphatic carbocycles. The van der Waals surface area contributed by atoms with Crippen molar-refractivity contribution in [2.45, 2.75) is 19.9 Å². The Hall–Kier alpha value is -3.47. The molecule has 1 amide bonds. The molecule has 0 spiro atoms. The van der Waals surface area contributed by atoms with E-state index in [0.717, 1.165) is 29.0 Å². The van der Waals surface area contributed by atoms with E-state index in [9.17, 15) is 4.79 Å². The predicted molar refractivity (Wildman–Crippen MR) is 119 cm³/mol. The van der Waals surface area contributed by atoms with Crippen LogP contribution in [0.5, 0.6) is 11.5 Å². The number of rotatable bonds is 6. The lowest BCUT2D eigenvalue weighted by atomic mass is 10.1. The Morgan fingerprint density at radius 2 is 1.73 bits per heavy atom. The van der Waals surface area contributed by atoms with Gasteiger partial charge in [-0.3, -0.25) is 4.79 Å². The fraction of sp³-hybridized carbons (Fsp3) is 0.240. The van der Waals surface area contributed by atoms with Crippen molar-refractivity contribution < 1.29 is 14.3 Å². The molecule has 3 aromatic rings. The van der Waals surface area contributed by atoms with E-state index in [-0.39, 0.29) is 12.5 Å². The molecular weight excluding hydrogens is 376 g/mol. The molecule has 0 bridgehead atoms. The Morgan fingerprint density at radius 3 is 2.53 bits per heavy atom. The highest BCUT2D eigenvalue weighted by atomic mass is 16.5. The van der Waals surface area contributed by atoms with E-state index in [0.29, 0.717) is 31.2 Å². The summed E-state index contributed by atoms with van der Waals surface area (Å²) in [6, 6.07) is 23.9. The monoisotopic (exact) mass is 402 g/mol. The number of amides is 1. The summed E-state index contributed by atoms with van der Waals surface area (Å²) in [6.07, 6.45) is 0.849. The van der Waals surface area contributed by atoms with Crippen LogP contribution in [0.2, 0.25) is 0 Å². The summed E-state index contributed by atoms with van der Waals surface area (Å²) >= 11 is 0. The molecule has 154 valence electrons. The van der Waals surface area contributed by atoms with Gasteiger partial charge in [-0.25, -0.2) is 0 Å². The highest BCUT2D eigenvalue weighted by Gasteiger charge is 2.15. The van der Waals surface area contributed by atoms with Gasteiger partial charge in [0.2, 0.25) is 5.91 Å². The van der Waals surface area contributed by atoms with Crippen LogP contribution >= 0.6 is 0 Å². The minimum atomic E-state index is -0.0815. The smallest absolute Gasteiger partial charge is 0.243 e. The lowest BCUT2D eigenvalue weighted by molar-refractivity contribution is -0.115. The van der Waals surface area contributed by atoms with Crippen LogP contribution < -0.4 is 19.7 Å². The first-order chi connectivity index (χ1) is 14.7. The second kappa shape index (κ2) is 9.35. The van der Waals surface area contributed by atoms with E-state index < -0.39 is 0 Å². The summed E-state index contributed by atoms with van der Waals surface area (Å²) < 4.78 is 11.4. The van der Waals surface area contributed by atoms with E-state index in [1.165, 1.54) is 0 Å². The van der Waals surface area contributed by atoms with Crippen LogP contribution in [-0.4, -0.2) is 25.7 Å². The summed E-state index contributed by atoms with van der Waals surface area (Å²) in [5.74, 6) is 1.31. The number of nitrogens with one attached hydrogen (secondary N) is 1. The molecule has 3 aromatic carbocycles. The topological polar surface area (TPSA) is 50.8 Å². The molecule has 0 aromatic heterocycles. The fourth-order valence-corrected chi connectivity index (χ4v) is 3.48. The van der Waals surface area contributed by atoms with Crippen LogP contribution in [0.15, 0.2) is 72.8 Å². The van der Waals surface area contributed by atoms with Gasteiger partial charge in [0.1, 0.15) is 0 Å². The standard InChI is InChI=1S/C25H26N2O3/c1-19-7-5-10-22(15-19)27(17-20-8-3-2-4-9-20)18-25(28)26-21-11-12-23-24(16-21)30-14-6-13-29-23/h2-5,7-12,15-16H,6,13-14,17-18H2,1H3,(H,26,28). The lowest BCUT2D eigenvalue weighted by Gasteiger charge is -2.25. The molecule has 0 radical (unpaired) electrons. The first-order valence-corrected chi connectivity index (χ1v) is 10.2. The summed E-state index contributed by atoms with van der Waals surface area (Å²) in [4.78, 5) is 15.0. The van der Waals surface area contributed by atoms with E-state index >= 15 is 0 Å². The maximum absolute atomic E-state index is 12.9. The Bertz CT molecular complexity index is 1000. The van der Waals surface area contributed by atoms with Crippen LogP contribution in [0.3, 0.4) is 0 Å². The number of fused-ring (bicyclic) bond motifs is 1. The van der Waals surface area contributed by atoms with Gasteiger partial charge in [0, 0.05) is 30.4 Å². The molecule has 0 fully saturated rings. The maximum Gasteiger partial charge on any atom is 0.243 e. The van der Waals surface area contributed by atoms with Crippen molar-refractivity contribution in [3.05, 3.63) is 83.9 Å². The van der Waals surface area contributed by atoms with Crippen LogP contribution in [0.4, 0.5) is 11.4 Å². The molecule has 5 nitrogen and oxygen atoms in total. The van der Waals surface area contributed by atoms with Crippen molar-refractivity contribution in [2.75, 3.05) is 30.0 Å². The van der Waals surface area contributed by atoms with Crippen molar-refractivity contribution in [3.63, 3.8) is 0 Å². The molecule has 1 aliphatic heterocycles. The quantitative estimate of drug-likeness (QED) is 0.643. The Labute approximate surface area is 177 Å². The van der Waals surface area contributed by atoms with Crippen LogP contribution in [0.1, 0.15) is 17.5 Å². The second-order valence-electron chi connectivity index (χ2n) is 7.44. The van der Waals surface area contributed by atoms with Crippen molar-refractivity contribution in [3.8, 4) is 11.5 Å². The molecule has 0 saturated carbocycles. The van der Waals surface area contributed by atoms with Crippen molar-refractivity contribution in [2.24, 2.45) is 0 Å². The van der Waals surface area contributed by atoms with Gasteiger partial charge in [-0.2, -0.15) is 0 Å². The number of benzene rings is 3. The number of hydrogen-bond acceptors (Lipinski definition) is 4. The molecule has 5 heteroatoms. The largest absolute Gasteiger partial charge is 0.490 e. The minimum absolute atomic E-state index is 0.0815. The average molecular weight is 402 g/mol. The number of ether oxygens (including phenoxy) is 2. The molecule has 0 saturated heterocycles. The molecular formula is C25H26N2O3. The Balaban J connectivity index is 1.49. The van der Waals surface area contributed by atoms with Gasteiger partial charge in [-0.15, -0.1) is 0 Å². The summed E-state index contributed by atoms with van der Waals surface area (Å²) in [6.45, 7) is 4.21. The Morgan fingerprint density at radius 1 is 0.933 bits per heavy atom. The predicted octanol–water partition coefficient (Wildman–Crippen LogP) is 4.80. The zero-order valence-corrected chi connectivity index (χ0v) is 17.1. The summed E-state index contributed by atoms with van der Waals surface area (Å²) in [7, 11) is 0. The number of carbonyl (C=O) groups is 1. The van der Waals surface area contributed by atoms with Gasteiger partial charge >= 0.3 is 0 Å². The normalized spacial score (nSPS) is 12.7. The zero-order valence-electron chi connectivity index (χ0n) is 17.1. The van der Waals surface area contributed by atoms with E-state index in [1.807, 2.05) is 48.5 Å². The van der Waals surface area contributed by atoms with Gasteiger partial charge < -0.3 is 19.7 Å². The van der Waals surface area contributed by atoms with Gasteiger partial charge in [0.05, 0.1) is 19.8 Å². The third-order valence-electron chi connectivity index (χ3n) is 4.95. The first kappa shape index (κ1) is 19.8. The summed E-state index contributed by atoms with van der Waals surface area (Å²) in [5.41, 5.74) is 4.04. The number of nitrogens with zero attached hydrogens (tertiary/aromatic N) is 1. The third-order valence-corrected chi connectivity index (χ3v) is 4.95. The van der Waals surface area contributed by atoms with E-state index in [1.54, 1.807) is 0 Å². The van der Waals surface area contributed by atoms with E-state index in [4.69, 9.17) is 9.47 Å². The number of aryl methyl sites for hydroxylation is 1. The number of hydrogen-bond donors (Lipinski definition) is 1. The lowest BCUT2D eigenvalue weighted by Crippen LogP contribution is -2.33. The molecule has 1 aliphatic rings. The van der Waals surface area contributed by atoms with Crippen LogP contribution in [0.25, 0.3) is 0 Å². The second-order valence-corrected chi connectivity index (χ2v) is 7.44. The number of carbonyl (C=O) groups excluding carboxylic acids is 1. The van der Waals surface area contributed by atoms with Crippen molar-refractivity contribution in [1.29, 1.82) is 0 Å². The minimum Gasteiger partial charge on any atom is -0.490 e. The first-order valence-electron chi connectivity index (χ1n) is 10.2.